The molecule has 0 aromatic rings. The summed E-state index contributed by atoms with van der Waals surface area (Å²) < 4.78 is 10.5. The van der Waals surface area contributed by atoms with Crippen LogP contribution in [0.15, 0.2) is 0 Å². The second-order valence-corrected chi connectivity index (χ2v) is 3.44. The van der Waals surface area contributed by atoms with Crippen LogP contribution < -0.4 is 5.32 Å². The summed E-state index contributed by atoms with van der Waals surface area (Å²) in [5.41, 5.74) is 0. The van der Waals surface area contributed by atoms with Gasteiger partial charge in [0.2, 0.25) is 0 Å². The van der Waals surface area contributed by atoms with Gasteiger partial charge in [0.1, 0.15) is 0 Å². The van der Waals surface area contributed by atoms with Crippen molar-refractivity contribution in [1.82, 2.24) is 5.32 Å². The maximum atomic E-state index is 10.9. The van der Waals surface area contributed by atoms with Gasteiger partial charge in [-0.05, 0) is 20.8 Å². The molecule has 1 saturated heterocycles. The largest absolute Gasteiger partial charge is 0.354 e. The SMILES string of the molecule is COC(C)(C)OC1C(=O)NC1C. The van der Waals surface area contributed by atoms with Gasteiger partial charge in [-0.2, -0.15) is 0 Å². The molecule has 0 aliphatic carbocycles. The third-order valence-corrected chi connectivity index (χ3v) is 1.98. The van der Waals surface area contributed by atoms with Crippen molar-refractivity contribution < 1.29 is 14.3 Å². The van der Waals surface area contributed by atoms with Gasteiger partial charge in [0, 0.05) is 7.11 Å². The van der Waals surface area contributed by atoms with Crippen LogP contribution in [0.5, 0.6) is 0 Å². The molecule has 1 rings (SSSR count). The van der Waals surface area contributed by atoms with E-state index in [-0.39, 0.29) is 18.1 Å². The van der Waals surface area contributed by atoms with Crippen LogP contribution in [0.2, 0.25) is 0 Å². The summed E-state index contributed by atoms with van der Waals surface area (Å²) in [4.78, 5) is 10.9. The van der Waals surface area contributed by atoms with E-state index >= 15 is 0 Å². The predicted molar refractivity (Wildman–Crippen MR) is 43.6 cm³/mol. The second-order valence-electron chi connectivity index (χ2n) is 3.44. The molecule has 70 valence electrons. The molecule has 1 aliphatic heterocycles. The summed E-state index contributed by atoms with van der Waals surface area (Å²) in [5, 5.41) is 2.68. The third kappa shape index (κ3) is 1.76. The zero-order valence-corrected chi connectivity index (χ0v) is 7.88. The maximum absolute atomic E-state index is 10.9. The number of β-lactam (4-membered cyclic amide) rings is 1. The average molecular weight is 173 g/mol. The molecule has 0 saturated carbocycles. The van der Waals surface area contributed by atoms with Crippen molar-refractivity contribution in [2.45, 2.75) is 38.7 Å². The van der Waals surface area contributed by atoms with Crippen molar-refractivity contribution in [3.05, 3.63) is 0 Å². The van der Waals surface area contributed by atoms with Crippen molar-refractivity contribution in [2.75, 3.05) is 7.11 Å². The minimum Gasteiger partial charge on any atom is -0.354 e. The molecule has 2 unspecified atom stereocenters. The molecule has 1 fully saturated rings. The summed E-state index contributed by atoms with van der Waals surface area (Å²) in [5.74, 6) is -0.746. The zero-order chi connectivity index (χ0) is 9.35. The molecule has 0 radical (unpaired) electrons. The summed E-state index contributed by atoms with van der Waals surface area (Å²) in [6, 6.07) is 0.0897. The molecule has 4 nitrogen and oxygen atoms in total. The Bertz CT molecular complexity index is 191. The van der Waals surface area contributed by atoms with E-state index in [0.29, 0.717) is 0 Å². The molecular formula is C8H15NO3. The minimum absolute atomic E-state index is 0.0624. The first-order chi connectivity index (χ1) is 5.46. The lowest BCUT2D eigenvalue weighted by Crippen LogP contribution is -2.63. The van der Waals surface area contributed by atoms with Gasteiger partial charge in [0.05, 0.1) is 6.04 Å². The van der Waals surface area contributed by atoms with E-state index in [1.807, 2.05) is 6.92 Å². The number of hydrogen-bond acceptors (Lipinski definition) is 3. The highest BCUT2D eigenvalue weighted by atomic mass is 16.7. The van der Waals surface area contributed by atoms with Gasteiger partial charge in [0.25, 0.3) is 5.91 Å². The minimum atomic E-state index is -0.684. The number of amides is 1. The predicted octanol–water partition coefficient (Wildman–Crippen LogP) is 0.272. The number of carbonyl (C=O) groups is 1. The quantitative estimate of drug-likeness (QED) is 0.492. The zero-order valence-electron chi connectivity index (χ0n) is 7.88. The van der Waals surface area contributed by atoms with E-state index in [1.54, 1.807) is 21.0 Å². The number of nitrogens with one attached hydrogen (secondary N) is 1. The first kappa shape index (κ1) is 9.48. The fourth-order valence-electron chi connectivity index (χ4n) is 1.02. The number of ether oxygens (including phenoxy) is 2. The Morgan fingerprint density at radius 2 is 2.08 bits per heavy atom. The van der Waals surface area contributed by atoms with E-state index in [1.165, 1.54) is 0 Å². The van der Waals surface area contributed by atoms with Gasteiger partial charge in [-0.25, -0.2) is 0 Å². The summed E-state index contributed by atoms with van der Waals surface area (Å²) >= 11 is 0. The van der Waals surface area contributed by atoms with Crippen LogP contribution in [0.4, 0.5) is 0 Å². The Labute approximate surface area is 72.2 Å². The molecule has 1 heterocycles. The van der Waals surface area contributed by atoms with Crippen LogP contribution >= 0.6 is 0 Å². The number of methoxy groups -OCH3 is 1. The van der Waals surface area contributed by atoms with Crippen molar-refractivity contribution in [3.8, 4) is 0 Å². The first-order valence-electron chi connectivity index (χ1n) is 3.99. The van der Waals surface area contributed by atoms with E-state index in [2.05, 4.69) is 5.32 Å². The smallest absolute Gasteiger partial charge is 0.251 e. The van der Waals surface area contributed by atoms with Crippen LogP contribution in [0.25, 0.3) is 0 Å². The van der Waals surface area contributed by atoms with E-state index in [4.69, 9.17) is 9.47 Å². The van der Waals surface area contributed by atoms with E-state index in [9.17, 15) is 4.79 Å². The van der Waals surface area contributed by atoms with E-state index in [0.717, 1.165) is 0 Å². The lowest BCUT2D eigenvalue weighted by Gasteiger charge is -2.38. The average Bonchev–Trinajstić information content (AvgIpc) is 2.02. The highest BCUT2D eigenvalue weighted by Gasteiger charge is 2.40. The molecule has 4 heteroatoms. The normalized spacial score (nSPS) is 29.5. The summed E-state index contributed by atoms with van der Waals surface area (Å²) in [6.45, 7) is 5.47. The van der Waals surface area contributed by atoms with Crippen LogP contribution in [0.3, 0.4) is 0 Å². The molecule has 1 aliphatic rings. The fourth-order valence-corrected chi connectivity index (χ4v) is 1.02. The highest BCUT2D eigenvalue weighted by molar-refractivity contribution is 5.88. The van der Waals surface area contributed by atoms with Gasteiger partial charge >= 0.3 is 0 Å². The Balaban J connectivity index is 2.45. The van der Waals surface area contributed by atoms with Crippen LogP contribution in [-0.2, 0) is 14.3 Å². The molecule has 0 bridgehead atoms. The van der Waals surface area contributed by atoms with Gasteiger partial charge in [-0.1, -0.05) is 0 Å². The molecule has 0 spiro atoms. The molecule has 1 N–H and O–H groups in total. The van der Waals surface area contributed by atoms with Crippen molar-refractivity contribution in [2.24, 2.45) is 0 Å². The highest BCUT2D eigenvalue weighted by Crippen LogP contribution is 2.19. The van der Waals surface area contributed by atoms with Gasteiger partial charge in [-0.15, -0.1) is 0 Å². The monoisotopic (exact) mass is 173 g/mol. The topological polar surface area (TPSA) is 47.6 Å². The molecule has 0 aromatic heterocycles. The van der Waals surface area contributed by atoms with Crippen molar-refractivity contribution in [1.29, 1.82) is 0 Å². The van der Waals surface area contributed by atoms with Crippen molar-refractivity contribution >= 4 is 5.91 Å². The Hall–Kier alpha value is -0.610. The molecule has 2 atom stereocenters. The second kappa shape index (κ2) is 3.03. The number of hydrogen-bond donors (Lipinski definition) is 1. The van der Waals surface area contributed by atoms with Gasteiger partial charge in [0.15, 0.2) is 11.9 Å². The Morgan fingerprint density at radius 1 is 1.50 bits per heavy atom. The molecule has 12 heavy (non-hydrogen) atoms. The lowest BCUT2D eigenvalue weighted by molar-refractivity contribution is -0.236. The van der Waals surface area contributed by atoms with Crippen LogP contribution in [-0.4, -0.2) is 30.9 Å². The first-order valence-corrected chi connectivity index (χ1v) is 3.99. The van der Waals surface area contributed by atoms with Crippen LogP contribution in [0.1, 0.15) is 20.8 Å². The molecular weight excluding hydrogens is 158 g/mol. The lowest BCUT2D eigenvalue weighted by atomic mass is 10.0. The Kier molecular flexibility index (Phi) is 2.39. The number of rotatable bonds is 3. The maximum Gasteiger partial charge on any atom is 0.251 e. The summed E-state index contributed by atoms with van der Waals surface area (Å²) in [6.07, 6.45) is -0.361. The number of carbonyl (C=O) groups excluding carboxylic acids is 1. The van der Waals surface area contributed by atoms with Gasteiger partial charge in [-0.3, -0.25) is 4.79 Å². The molecule has 1 amide bonds. The Morgan fingerprint density at radius 3 is 2.42 bits per heavy atom. The summed E-state index contributed by atoms with van der Waals surface area (Å²) in [7, 11) is 1.56. The van der Waals surface area contributed by atoms with Gasteiger partial charge < -0.3 is 14.8 Å². The molecule has 0 aromatic carbocycles. The van der Waals surface area contributed by atoms with Crippen LogP contribution in [0, 0.1) is 0 Å². The fraction of sp³-hybridized carbons (Fsp3) is 0.875. The van der Waals surface area contributed by atoms with E-state index < -0.39 is 5.79 Å². The standard InChI is InChI=1S/C8H15NO3/c1-5-6(7(10)9-5)12-8(2,3)11-4/h5-6H,1-4H3,(H,9,10). The third-order valence-electron chi connectivity index (χ3n) is 1.98. The van der Waals surface area contributed by atoms with Crippen molar-refractivity contribution in [3.63, 3.8) is 0 Å².